The normalized spacial score (nSPS) is 11.1. The van der Waals surface area contributed by atoms with Crippen LogP contribution in [0.5, 0.6) is 5.06 Å². The average molecular weight is 490 g/mol. The first-order valence-corrected chi connectivity index (χ1v) is 12.5. The fraction of sp³-hybridized carbons (Fsp3) is 0.200. The van der Waals surface area contributed by atoms with Gasteiger partial charge in [0, 0.05) is 36.1 Å². The minimum absolute atomic E-state index is 0.260. The van der Waals surface area contributed by atoms with Crippen molar-refractivity contribution in [3.05, 3.63) is 58.8 Å². The number of benzene rings is 1. The summed E-state index contributed by atoms with van der Waals surface area (Å²) in [6.45, 7) is 2.65. The van der Waals surface area contributed by atoms with Gasteiger partial charge in [0.05, 0.1) is 5.01 Å². The highest BCUT2D eigenvalue weighted by atomic mass is 32.2. The number of amides is 1. The number of nitrogens with one attached hydrogen (secondary N) is 1. The van der Waals surface area contributed by atoms with E-state index in [-0.39, 0.29) is 5.06 Å². The second kappa shape index (κ2) is 10.0. The van der Waals surface area contributed by atoms with Gasteiger partial charge in [-0.05, 0) is 18.4 Å². The van der Waals surface area contributed by atoms with Crippen LogP contribution in [-0.2, 0) is 23.9 Å². The van der Waals surface area contributed by atoms with E-state index in [1.54, 1.807) is 17.1 Å². The molecule has 0 saturated heterocycles. The van der Waals surface area contributed by atoms with Gasteiger partial charge in [-0.25, -0.2) is 32.9 Å². The van der Waals surface area contributed by atoms with Crippen molar-refractivity contribution in [2.75, 3.05) is 0 Å². The lowest BCUT2D eigenvalue weighted by atomic mass is 10.1. The summed E-state index contributed by atoms with van der Waals surface area (Å²) in [6, 6.07) is 7.74. The third-order valence-electron chi connectivity index (χ3n) is 4.39. The molecular formula is C20H19N5O4S3. The van der Waals surface area contributed by atoms with Crippen LogP contribution in [0.3, 0.4) is 0 Å². The van der Waals surface area contributed by atoms with Crippen LogP contribution in [0.1, 0.15) is 23.9 Å². The smallest absolute Gasteiger partial charge is 0.396 e. The summed E-state index contributed by atoms with van der Waals surface area (Å²) in [7, 11) is -3.09. The Morgan fingerprint density at radius 2 is 2.00 bits per heavy atom. The maximum atomic E-state index is 11.8. The molecule has 0 aliphatic rings. The topological polar surface area (TPSA) is 116 Å². The second-order valence-corrected chi connectivity index (χ2v) is 9.34. The van der Waals surface area contributed by atoms with Crippen molar-refractivity contribution in [3.63, 3.8) is 0 Å². The van der Waals surface area contributed by atoms with E-state index in [1.807, 2.05) is 47.3 Å². The predicted octanol–water partition coefficient (Wildman–Crippen LogP) is 3.75. The van der Waals surface area contributed by atoms with Crippen LogP contribution in [0.15, 0.2) is 48.2 Å². The number of rotatable bonds is 8. The van der Waals surface area contributed by atoms with Crippen molar-refractivity contribution in [1.82, 2.24) is 24.2 Å². The quantitative estimate of drug-likeness (QED) is 0.362. The molecule has 0 aliphatic heterocycles. The van der Waals surface area contributed by atoms with E-state index in [1.165, 1.54) is 22.7 Å². The van der Waals surface area contributed by atoms with Gasteiger partial charge in [0.2, 0.25) is 16.0 Å². The molecule has 3 aromatic heterocycles. The monoisotopic (exact) mass is 489 g/mol. The van der Waals surface area contributed by atoms with Gasteiger partial charge in [-0.2, -0.15) is 0 Å². The third-order valence-corrected chi connectivity index (χ3v) is 6.52. The molecule has 166 valence electrons. The fourth-order valence-electron chi connectivity index (χ4n) is 3.04. The Hall–Kier alpha value is -3.09. The maximum Gasteiger partial charge on any atom is 0.427 e. The van der Waals surface area contributed by atoms with Gasteiger partial charge in [0.25, 0.3) is 0 Å². The van der Waals surface area contributed by atoms with E-state index >= 15 is 0 Å². The molecule has 12 heteroatoms. The second-order valence-electron chi connectivity index (χ2n) is 6.67. The fourth-order valence-corrected chi connectivity index (χ4v) is 4.91. The number of nitrogens with zero attached hydrogens (tertiary/aromatic N) is 4. The molecule has 1 aromatic carbocycles. The molecule has 0 spiro atoms. The number of carbonyl (C=O) groups is 1. The van der Waals surface area contributed by atoms with Gasteiger partial charge in [-0.3, -0.25) is 0 Å². The molecule has 3 heterocycles. The highest BCUT2D eigenvalue weighted by Gasteiger charge is 2.18. The maximum absolute atomic E-state index is 11.8. The number of carbonyl (C=O) groups excluding carboxylic acids is 1. The Balaban J connectivity index is 1.56. The molecule has 0 atom stereocenters. The molecular weight excluding hydrogens is 470 g/mol. The lowest BCUT2D eigenvalue weighted by Gasteiger charge is -2.08. The Labute approximate surface area is 193 Å². The van der Waals surface area contributed by atoms with E-state index in [4.69, 9.17) is 4.74 Å². The average Bonchev–Trinajstić information content (AvgIpc) is 3.49. The molecule has 0 unspecified atom stereocenters. The number of aryl methyl sites for hydroxylation is 1. The molecule has 0 fully saturated rings. The number of hydrogen-bond acceptors (Lipinski definition) is 9. The van der Waals surface area contributed by atoms with Crippen molar-refractivity contribution < 1.29 is 17.9 Å². The van der Waals surface area contributed by atoms with Crippen LogP contribution in [0, 0.1) is 0 Å². The number of thiazole rings is 2. The van der Waals surface area contributed by atoms with Gasteiger partial charge in [0.1, 0.15) is 5.69 Å². The SMILES string of the molecule is CCCc1nc(-c2ccc(Cn3ccnc3-c3nccs3)cc2)c(OC(=O)N[SH](=O)=O)s1. The number of hydrogen-bond donors (Lipinski definition) is 2. The molecule has 0 radical (unpaired) electrons. The van der Waals surface area contributed by atoms with Gasteiger partial charge < -0.3 is 9.30 Å². The van der Waals surface area contributed by atoms with Crippen LogP contribution < -0.4 is 9.46 Å². The van der Waals surface area contributed by atoms with E-state index in [9.17, 15) is 13.2 Å². The van der Waals surface area contributed by atoms with E-state index < -0.39 is 17.0 Å². The zero-order valence-corrected chi connectivity index (χ0v) is 19.5. The lowest BCUT2D eigenvalue weighted by Crippen LogP contribution is -2.24. The first-order valence-electron chi connectivity index (χ1n) is 9.66. The third kappa shape index (κ3) is 5.21. The van der Waals surface area contributed by atoms with E-state index in [0.717, 1.165) is 39.8 Å². The summed E-state index contributed by atoms with van der Waals surface area (Å²) >= 11 is 2.77. The van der Waals surface area contributed by atoms with Crippen molar-refractivity contribution in [3.8, 4) is 27.2 Å². The van der Waals surface area contributed by atoms with Gasteiger partial charge in [-0.1, -0.05) is 42.5 Å². The lowest BCUT2D eigenvalue weighted by molar-refractivity contribution is 0.208. The molecule has 9 nitrogen and oxygen atoms in total. The summed E-state index contributed by atoms with van der Waals surface area (Å²) in [6.07, 6.45) is 5.98. The first-order chi connectivity index (χ1) is 15.5. The molecule has 0 bridgehead atoms. The van der Waals surface area contributed by atoms with Crippen LogP contribution in [0.4, 0.5) is 4.79 Å². The van der Waals surface area contributed by atoms with Crippen molar-refractivity contribution >= 4 is 39.7 Å². The van der Waals surface area contributed by atoms with E-state index in [0.29, 0.717) is 12.2 Å². The standard InChI is InChI=1S/C20H19N5O4S3/c1-2-3-15-23-16(19(31-15)29-20(26)24-32(27)28)14-6-4-13(5-7-14)12-25-10-8-21-17(25)18-22-9-11-30-18/h4-11,32H,2-3,12H2,1H3,(H,24,26,27,28). The number of thiol groups is 1. The Morgan fingerprint density at radius 3 is 2.69 bits per heavy atom. The van der Waals surface area contributed by atoms with Crippen LogP contribution >= 0.6 is 22.7 Å². The molecule has 4 aromatic rings. The summed E-state index contributed by atoms with van der Waals surface area (Å²) in [5.41, 5.74) is 2.33. The summed E-state index contributed by atoms with van der Waals surface area (Å²) in [4.78, 5) is 25.1. The highest BCUT2D eigenvalue weighted by Crippen LogP contribution is 2.36. The van der Waals surface area contributed by atoms with E-state index in [2.05, 4.69) is 15.0 Å². The molecule has 0 aliphatic carbocycles. The number of imidazole rings is 1. The first kappa shape index (κ1) is 22.1. The van der Waals surface area contributed by atoms with Gasteiger partial charge in [-0.15, -0.1) is 11.3 Å². The molecule has 0 saturated carbocycles. The van der Waals surface area contributed by atoms with Crippen LogP contribution in [-0.4, -0.2) is 34.0 Å². The molecule has 32 heavy (non-hydrogen) atoms. The molecule has 4 rings (SSSR count). The van der Waals surface area contributed by atoms with Crippen molar-refractivity contribution in [1.29, 1.82) is 0 Å². The number of ether oxygens (including phenoxy) is 1. The van der Waals surface area contributed by atoms with Crippen LogP contribution in [0.25, 0.3) is 22.1 Å². The predicted molar refractivity (Wildman–Crippen MR) is 123 cm³/mol. The van der Waals surface area contributed by atoms with Crippen molar-refractivity contribution in [2.45, 2.75) is 26.3 Å². The molecule has 1 N–H and O–H groups in total. The number of aromatic nitrogens is 4. The van der Waals surface area contributed by atoms with Gasteiger partial charge in [0.15, 0.2) is 10.8 Å². The summed E-state index contributed by atoms with van der Waals surface area (Å²) in [5.74, 6) is 0.811. The van der Waals surface area contributed by atoms with Gasteiger partial charge >= 0.3 is 6.09 Å². The summed E-state index contributed by atoms with van der Waals surface area (Å²) < 4.78 is 30.4. The zero-order chi connectivity index (χ0) is 22.5. The van der Waals surface area contributed by atoms with Crippen molar-refractivity contribution in [2.24, 2.45) is 0 Å². The largest absolute Gasteiger partial charge is 0.427 e. The zero-order valence-electron chi connectivity index (χ0n) is 16.9. The Kier molecular flexibility index (Phi) is 6.93. The Morgan fingerprint density at radius 1 is 1.19 bits per heavy atom. The highest BCUT2D eigenvalue weighted by molar-refractivity contribution is 7.70. The molecule has 1 amide bonds. The summed E-state index contributed by atoms with van der Waals surface area (Å²) in [5, 5.41) is 3.85. The minimum Gasteiger partial charge on any atom is -0.396 e. The Bertz CT molecular complexity index is 1270. The minimum atomic E-state index is -3.09. The van der Waals surface area contributed by atoms with Crippen LogP contribution in [0.2, 0.25) is 0 Å².